The van der Waals surface area contributed by atoms with Crippen molar-refractivity contribution < 1.29 is 9.53 Å². The van der Waals surface area contributed by atoms with Crippen molar-refractivity contribution in [3.8, 4) is 17.3 Å². The number of aromatic nitrogens is 1. The van der Waals surface area contributed by atoms with E-state index in [1.807, 2.05) is 11.4 Å². The minimum atomic E-state index is -0.373. The van der Waals surface area contributed by atoms with Crippen molar-refractivity contribution in [2.75, 3.05) is 5.32 Å². The van der Waals surface area contributed by atoms with E-state index in [9.17, 15) is 10.1 Å². The lowest BCUT2D eigenvalue weighted by Gasteiger charge is -2.08. The fraction of sp³-hybridized carbons (Fsp3) is 0.136. The molecule has 0 atom stereocenters. The van der Waals surface area contributed by atoms with E-state index in [2.05, 4.69) is 16.4 Å². The molecule has 0 aliphatic heterocycles. The molecule has 30 heavy (non-hydrogen) atoms. The highest BCUT2D eigenvalue weighted by molar-refractivity contribution is 7.11. The maximum absolute atomic E-state index is 11.9. The summed E-state index contributed by atoms with van der Waals surface area (Å²) < 4.78 is 5.17. The van der Waals surface area contributed by atoms with Gasteiger partial charge in [0.2, 0.25) is 0 Å². The molecule has 0 aliphatic carbocycles. The van der Waals surface area contributed by atoms with Crippen LogP contribution < -0.4 is 5.32 Å². The Kier molecular flexibility index (Phi) is 7.11. The third kappa shape index (κ3) is 5.39. The van der Waals surface area contributed by atoms with E-state index in [0.29, 0.717) is 31.9 Å². The number of nitriles is 1. The molecule has 0 spiro atoms. The van der Waals surface area contributed by atoms with Crippen molar-refractivity contribution >= 4 is 51.8 Å². The first-order valence-electron chi connectivity index (χ1n) is 8.96. The minimum absolute atomic E-state index is 0.177. The van der Waals surface area contributed by atoms with Gasteiger partial charge in [-0.15, -0.1) is 11.3 Å². The molecule has 1 heterocycles. The highest BCUT2D eigenvalue weighted by atomic mass is 35.5. The first-order chi connectivity index (χ1) is 14.4. The molecule has 3 rings (SSSR count). The zero-order valence-electron chi connectivity index (χ0n) is 16.1. The van der Waals surface area contributed by atoms with Crippen molar-refractivity contribution in [1.29, 1.82) is 5.26 Å². The second kappa shape index (κ2) is 9.77. The number of benzene rings is 2. The third-order valence-electron chi connectivity index (χ3n) is 3.92. The number of rotatable bonds is 6. The molecule has 1 N–H and O–H groups in total. The Morgan fingerprint density at radius 3 is 2.57 bits per heavy atom. The molecule has 0 saturated carbocycles. The van der Waals surface area contributed by atoms with Crippen molar-refractivity contribution in [3.63, 3.8) is 0 Å². The van der Waals surface area contributed by atoms with Gasteiger partial charge in [0.25, 0.3) is 0 Å². The van der Waals surface area contributed by atoms with Gasteiger partial charge in [-0.2, -0.15) is 5.26 Å². The van der Waals surface area contributed by atoms with E-state index in [-0.39, 0.29) is 12.1 Å². The number of ether oxygens (including phenoxy) is 1. The lowest BCUT2D eigenvalue weighted by atomic mass is 10.2. The molecule has 0 bridgehead atoms. The number of carbonyl (C=O) groups is 1. The van der Waals surface area contributed by atoms with Gasteiger partial charge in [-0.1, -0.05) is 29.3 Å². The Hall–Kier alpha value is -2.85. The Labute approximate surface area is 188 Å². The maximum Gasteiger partial charge on any atom is 0.338 e. The summed E-state index contributed by atoms with van der Waals surface area (Å²) in [6.07, 6.45) is 1.40. The first kappa shape index (κ1) is 21.8. The van der Waals surface area contributed by atoms with Crippen LogP contribution >= 0.6 is 34.5 Å². The van der Waals surface area contributed by atoms with E-state index in [1.54, 1.807) is 56.4 Å². The lowest BCUT2D eigenvalue weighted by molar-refractivity contribution is 0.0378. The topological polar surface area (TPSA) is 75.0 Å². The lowest BCUT2D eigenvalue weighted by Crippen LogP contribution is -2.11. The Bertz CT molecular complexity index is 1130. The van der Waals surface area contributed by atoms with Gasteiger partial charge in [-0.25, -0.2) is 9.78 Å². The molecular weight excluding hydrogens is 441 g/mol. The van der Waals surface area contributed by atoms with Crippen LogP contribution in [0.15, 0.2) is 54.0 Å². The molecule has 0 aliphatic rings. The number of nitrogens with zero attached hydrogens (tertiary/aromatic N) is 2. The van der Waals surface area contributed by atoms with E-state index in [1.165, 1.54) is 11.3 Å². The SMILES string of the molecule is CC(C)OC(=O)c1ccc(NC=C(C#N)c2nc(-c3ccc(Cl)c(Cl)c3)cs2)cc1. The van der Waals surface area contributed by atoms with Crippen LogP contribution in [0.2, 0.25) is 10.0 Å². The third-order valence-corrected chi connectivity index (χ3v) is 5.53. The molecular formula is C22H17Cl2N3O2S. The molecule has 5 nitrogen and oxygen atoms in total. The van der Waals surface area contributed by atoms with Crippen LogP contribution in [0.5, 0.6) is 0 Å². The van der Waals surface area contributed by atoms with Gasteiger partial charge in [0, 0.05) is 22.8 Å². The predicted octanol–water partition coefficient (Wildman–Crippen LogP) is 6.66. The highest BCUT2D eigenvalue weighted by Gasteiger charge is 2.11. The summed E-state index contributed by atoms with van der Waals surface area (Å²) in [7, 11) is 0. The highest BCUT2D eigenvalue weighted by Crippen LogP contribution is 2.30. The maximum atomic E-state index is 11.9. The number of esters is 1. The Morgan fingerprint density at radius 1 is 1.20 bits per heavy atom. The first-order valence-corrected chi connectivity index (χ1v) is 10.6. The molecule has 0 unspecified atom stereocenters. The van der Waals surface area contributed by atoms with Crippen LogP contribution in [0.4, 0.5) is 5.69 Å². The van der Waals surface area contributed by atoms with Gasteiger partial charge in [-0.05, 0) is 50.2 Å². The number of anilines is 1. The van der Waals surface area contributed by atoms with Crippen molar-refractivity contribution in [2.45, 2.75) is 20.0 Å². The molecule has 1 aromatic heterocycles. The largest absolute Gasteiger partial charge is 0.459 e. The summed E-state index contributed by atoms with van der Waals surface area (Å²) in [6.45, 7) is 3.60. The van der Waals surface area contributed by atoms with Crippen LogP contribution in [-0.2, 0) is 4.74 Å². The standard InChI is InChI=1S/C22H17Cl2N3O2S/c1-13(2)29-22(28)14-3-6-17(7-4-14)26-11-16(10-25)21-27-20(12-30-21)15-5-8-18(23)19(24)9-15/h3-9,11-13,26H,1-2H3. The molecule has 0 radical (unpaired) electrons. The van der Waals surface area contributed by atoms with Crippen LogP contribution in [0.1, 0.15) is 29.2 Å². The van der Waals surface area contributed by atoms with Crippen molar-refractivity contribution in [1.82, 2.24) is 4.98 Å². The summed E-state index contributed by atoms with van der Waals surface area (Å²) in [4.78, 5) is 16.4. The number of hydrogen-bond donors (Lipinski definition) is 1. The summed E-state index contributed by atoms with van der Waals surface area (Å²) >= 11 is 13.4. The predicted molar refractivity (Wildman–Crippen MR) is 122 cm³/mol. The Morgan fingerprint density at radius 2 is 1.93 bits per heavy atom. The van der Waals surface area contributed by atoms with E-state index in [4.69, 9.17) is 27.9 Å². The fourth-order valence-corrected chi connectivity index (χ4v) is 3.56. The number of nitrogens with one attached hydrogen (secondary N) is 1. The molecule has 2 aromatic carbocycles. The van der Waals surface area contributed by atoms with Crippen LogP contribution in [0.3, 0.4) is 0 Å². The zero-order valence-corrected chi connectivity index (χ0v) is 18.5. The number of allylic oxidation sites excluding steroid dienone is 1. The molecule has 3 aromatic rings. The van der Waals surface area contributed by atoms with Crippen LogP contribution in [0.25, 0.3) is 16.8 Å². The Balaban J connectivity index is 1.73. The fourth-order valence-electron chi connectivity index (χ4n) is 2.47. The van der Waals surface area contributed by atoms with E-state index >= 15 is 0 Å². The van der Waals surface area contributed by atoms with Crippen molar-refractivity contribution in [2.24, 2.45) is 0 Å². The monoisotopic (exact) mass is 457 g/mol. The molecule has 0 saturated heterocycles. The van der Waals surface area contributed by atoms with Gasteiger partial charge in [0.05, 0.1) is 27.4 Å². The quantitative estimate of drug-likeness (QED) is 0.330. The van der Waals surface area contributed by atoms with Crippen molar-refractivity contribution in [3.05, 3.63) is 74.7 Å². The summed E-state index contributed by atoms with van der Waals surface area (Å²) in [5, 5.41) is 15.9. The van der Waals surface area contributed by atoms with Gasteiger partial charge in [0.15, 0.2) is 0 Å². The van der Waals surface area contributed by atoms with Gasteiger partial charge >= 0.3 is 5.97 Å². The van der Waals surface area contributed by atoms with Gasteiger partial charge in [0.1, 0.15) is 16.6 Å². The number of thiazole rings is 1. The van der Waals surface area contributed by atoms with E-state index in [0.717, 1.165) is 11.3 Å². The van der Waals surface area contributed by atoms with E-state index < -0.39 is 0 Å². The zero-order chi connectivity index (χ0) is 21.7. The number of carbonyl (C=O) groups excluding carboxylic acids is 1. The molecule has 8 heteroatoms. The average molecular weight is 458 g/mol. The van der Waals surface area contributed by atoms with Crippen LogP contribution in [-0.4, -0.2) is 17.1 Å². The summed E-state index contributed by atoms with van der Waals surface area (Å²) in [6, 6.07) is 14.2. The minimum Gasteiger partial charge on any atom is -0.459 e. The van der Waals surface area contributed by atoms with Gasteiger partial charge < -0.3 is 10.1 Å². The van der Waals surface area contributed by atoms with Gasteiger partial charge in [-0.3, -0.25) is 0 Å². The number of hydrogen-bond acceptors (Lipinski definition) is 6. The smallest absolute Gasteiger partial charge is 0.338 e. The second-order valence-electron chi connectivity index (χ2n) is 6.51. The number of halogens is 2. The summed E-state index contributed by atoms with van der Waals surface area (Å²) in [5.74, 6) is -0.373. The second-order valence-corrected chi connectivity index (χ2v) is 8.18. The average Bonchev–Trinajstić information content (AvgIpc) is 3.20. The van der Waals surface area contributed by atoms with Crippen LogP contribution in [0, 0.1) is 11.3 Å². The molecule has 152 valence electrons. The summed E-state index contributed by atoms with van der Waals surface area (Å²) in [5.41, 5.74) is 3.10. The normalized spacial score (nSPS) is 11.3. The molecule has 0 fully saturated rings. The molecule has 0 amide bonds.